The van der Waals surface area contributed by atoms with Crippen LogP contribution in [0.1, 0.15) is 6.92 Å². The molecule has 0 spiro atoms. The Morgan fingerprint density at radius 1 is 1.32 bits per heavy atom. The summed E-state index contributed by atoms with van der Waals surface area (Å²) >= 11 is 5.24. The third kappa shape index (κ3) is 3.69. The van der Waals surface area contributed by atoms with Crippen molar-refractivity contribution in [2.24, 2.45) is 7.05 Å². The minimum absolute atomic E-state index is 0.478. The molecule has 0 atom stereocenters. The largest absolute Gasteiger partial charge is 0.492 e. The molecule has 100 valence electrons. The molecule has 0 fully saturated rings. The Morgan fingerprint density at radius 3 is 2.79 bits per heavy atom. The second-order valence-electron chi connectivity index (χ2n) is 3.88. The van der Waals surface area contributed by atoms with Gasteiger partial charge in [-0.3, -0.25) is 4.68 Å². The van der Waals surface area contributed by atoms with Gasteiger partial charge in [0, 0.05) is 19.3 Å². The average Bonchev–Trinajstić information content (AvgIpc) is 2.77. The lowest BCUT2D eigenvalue weighted by molar-refractivity contribution is 0.342. The maximum Gasteiger partial charge on any atom is 0.176 e. The minimum atomic E-state index is 0.478. The van der Waals surface area contributed by atoms with E-state index in [2.05, 4.69) is 15.7 Å². The van der Waals surface area contributed by atoms with Crippen LogP contribution in [0.4, 0.5) is 11.5 Å². The quantitative estimate of drug-likeness (QED) is 0.841. The van der Waals surface area contributed by atoms with E-state index in [-0.39, 0.29) is 0 Å². The molecule has 1 heterocycles. The molecular formula is C13H16N4OS. The van der Waals surface area contributed by atoms with Gasteiger partial charge in [-0.15, -0.1) is 0 Å². The maximum absolute atomic E-state index is 5.52. The molecule has 0 saturated heterocycles. The molecule has 0 saturated carbocycles. The van der Waals surface area contributed by atoms with Crippen molar-refractivity contribution in [3.8, 4) is 5.75 Å². The minimum Gasteiger partial charge on any atom is -0.492 e. The molecule has 2 rings (SSSR count). The van der Waals surface area contributed by atoms with E-state index >= 15 is 0 Å². The molecule has 0 aliphatic carbocycles. The van der Waals surface area contributed by atoms with Crippen molar-refractivity contribution in [1.29, 1.82) is 0 Å². The van der Waals surface area contributed by atoms with E-state index in [4.69, 9.17) is 17.0 Å². The summed E-state index contributed by atoms with van der Waals surface area (Å²) in [6.07, 6.45) is 1.85. The molecule has 0 aliphatic rings. The van der Waals surface area contributed by atoms with Gasteiger partial charge in [-0.25, -0.2) is 0 Å². The van der Waals surface area contributed by atoms with Gasteiger partial charge >= 0.3 is 0 Å². The third-order valence-electron chi connectivity index (χ3n) is 2.39. The standard InChI is InChI=1S/C13H16N4OS/c1-3-18-11-7-5-4-6-10(11)14-13(19)15-12-8-9-17(2)16-12/h4-9H,3H2,1-2H3,(H2,14,15,16,19). The summed E-state index contributed by atoms with van der Waals surface area (Å²) in [7, 11) is 1.85. The molecule has 2 aromatic rings. The molecule has 1 aromatic heterocycles. The number of hydrogen-bond donors (Lipinski definition) is 2. The Morgan fingerprint density at radius 2 is 2.11 bits per heavy atom. The summed E-state index contributed by atoms with van der Waals surface area (Å²) in [4.78, 5) is 0. The molecular weight excluding hydrogens is 260 g/mol. The van der Waals surface area contributed by atoms with E-state index in [1.54, 1.807) is 4.68 Å². The number of benzene rings is 1. The smallest absolute Gasteiger partial charge is 0.176 e. The first-order chi connectivity index (χ1) is 9.19. The zero-order valence-electron chi connectivity index (χ0n) is 10.9. The van der Waals surface area contributed by atoms with Gasteiger partial charge in [-0.05, 0) is 31.3 Å². The molecule has 1 aromatic carbocycles. The summed E-state index contributed by atoms with van der Waals surface area (Å²) in [5.74, 6) is 1.48. The number of nitrogens with one attached hydrogen (secondary N) is 2. The van der Waals surface area contributed by atoms with E-state index in [9.17, 15) is 0 Å². The van der Waals surface area contributed by atoms with E-state index in [1.807, 2.05) is 50.5 Å². The summed E-state index contributed by atoms with van der Waals surface area (Å²) in [5, 5.41) is 10.8. The number of nitrogens with zero attached hydrogens (tertiary/aromatic N) is 2. The van der Waals surface area contributed by atoms with E-state index in [1.165, 1.54) is 0 Å². The van der Waals surface area contributed by atoms with Gasteiger partial charge in [0.25, 0.3) is 0 Å². The second-order valence-corrected chi connectivity index (χ2v) is 4.29. The van der Waals surface area contributed by atoms with Gasteiger partial charge in [-0.2, -0.15) is 5.10 Å². The summed E-state index contributed by atoms with van der Waals surface area (Å²) in [5.41, 5.74) is 0.831. The van der Waals surface area contributed by atoms with Crippen LogP contribution in [0, 0.1) is 0 Å². The number of rotatable bonds is 4. The van der Waals surface area contributed by atoms with Crippen molar-refractivity contribution in [2.75, 3.05) is 17.2 Å². The number of ether oxygens (including phenoxy) is 1. The molecule has 0 unspecified atom stereocenters. The van der Waals surface area contributed by atoms with Crippen LogP contribution in [0.15, 0.2) is 36.5 Å². The van der Waals surface area contributed by atoms with Crippen molar-refractivity contribution in [3.63, 3.8) is 0 Å². The van der Waals surface area contributed by atoms with E-state index < -0.39 is 0 Å². The summed E-state index contributed by atoms with van der Waals surface area (Å²) < 4.78 is 7.23. The number of hydrogen-bond acceptors (Lipinski definition) is 3. The maximum atomic E-state index is 5.52. The van der Waals surface area contributed by atoms with Crippen LogP contribution in [-0.4, -0.2) is 21.5 Å². The normalized spacial score (nSPS) is 10.0. The fraction of sp³-hybridized carbons (Fsp3) is 0.231. The van der Waals surface area contributed by atoms with Crippen LogP contribution >= 0.6 is 12.2 Å². The zero-order chi connectivity index (χ0) is 13.7. The first kappa shape index (κ1) is 13.4. The Kier molecular flexibility index (Phi) is 4.35. The topological polar surface area (TPSA) is 51.1 Å². The number of aryl methyl sites for hydroxylation is 1. The van der Waals surface area contributed by atoms with E-state index in [0.717, 1.165) is 11.4 Å². The monoisotopic (exact) mass is 276 g/mol. The van der Waals surface area contributed by atoms with Crippen molar-refractivity contribution in [3.05, 3.63) is 36.5 Å². The number of anilines is 2. The molecule has 0 amide bonds. The average molecular weight is 276 g/mol. The first-order valence-electron chi connectivity index (χ1n) is 5.98. The Labute approximate surface area is 117 Å². The lowest BCUT2D eigenvalue weighted by atomic mass is 10.3. The molecule has 19 heavy (non-hydrogen) atoms. The van der Waals surface area contributed by atoms with Crippen molar-refractivity contribution in [1.82, 2.24) is 9.78 Å². The lowest BCUT2D eigenvalue weighted by Crippen LogP contribution is -2.20. The Balaban J connectivity index is 2.02. The summed E-state index contributed by atoms with van der Waals surface area (Å²) in [6, 6.07) is 9.51. The predicted molar refractivity (Wildman–Crippen MR) is 80.7 cm³/mol. The van der Waals surface area contributed by atoms with Gasteiger partial charge in [-0.1, -0.05) is 12.1 Å². The molecule has 0 aliphatic heterocycles. The SMILES string of the molecule is CCOc1ccccc1NC(=S)Nc1ccn(C)n1. The van der Waals surface area contributed by atoms with Gasteiger partial charge in [0.15, 0.2) is 10.9 Å². The highest BCUT2D eigenvalue weighted by Crippen LogP contribution is 2.23. The van der Waals surface area contributed by atoms with Gasteiger partial charge in [0.05, 0.1) is 12.3 Å². The zero-order valence-corrected chi connectivity index (χ0v) is 11.7. The van der Waals surface area contributed by atoms with Gasteiger partial charge in [0.2, 0.25) is 0 Å². The van der Waals surface area contributed by atoms with E-state index in [0.29, 0.717) is 17.5 Å². The van der Waals surface area contributed by atoms with Crippen LogP contribution in [0.25, 0.3) is 0 Å². The van der Waals surface area contributed by atoms with Crippen molar-refractivity contribution in [2.45, 2.75) is 6.92 Å². The van der Waals surface area contributed by atoms with Crippen molar-refractivity contribution >= 4 is 28.8 Å². The van der Waals surface area contributed by atoms with Crippen LogP contribution < -0.4 is 15.4 Å². The predicted octanol–water partition coefficient (Wildman–Crippen LogP) is 2.63. The molecule has 0 bridgehead atoms. The van der Waals surface area contributed by atoms with Gasteiger partial charge in [0.1, 0.15) is 5.75 Å². The lowest BCUT2D eigenvalue weighted by Gasteiger charge is -2.13. The van der Waals surface area contributed by atoms with Crippen molar-refractivity contribution < 1.29 is 4.74 Å². The van der Waals surface area contributed by atoms with Gasteiger partial charge < -0.3 is 15.4 Å². The number of aromatic nitrogens is 2. The molecule has 5 nitrogen and oxygen atoms in total. The third-order valence-corrected chi connectivity index (χ3v) is 2.59. The number of thiocarbonyl (C=S) groups is 1. The number of para-hydroxylation sites is 2. The Bertz CT molecular complexity index is 567. The second kappa shape index (κ2) is 6.19. The first-order valence-corrected chi connectivity index (χ1v) is 6.39. The highest BCUT2D eigenvalue weighted by molar-refractivity contribution is 7.80. The Hall–Kier alpha value is -2.08. The molecule has 2 N–H and O–H groups in total. The molecule has 6 heteroatoms. The van der Waals surface area contributed by atoms with Crippen LogP contribution in [0.3, 0.4) is 0 Å². The highest BCUT2D eigenvalue weighted by atomic mass is 32.1. The fourth-order valence-electron chi connectivity index (χ4n) is 1.60. The molecule has 0 radical (unpaired) electrons. The van der Waals surface area contributed by atoms with Crippen LogP contribution in [0.2, 0.25) is 0 Å². The highest BCUT2D eigenvalue weighted by Gasteiger charge is 2.05. The summed E-state index contributed by atoms with van der Waals surface area (Å²) in [6.45, 7) is 2.56. The fourth-order valence-corrected chi connectivity index (χ4v) is 1.82. The van der Waals surface area contributed by atoms with Crippen LogP contribution in [-0.2, 0) is 7.05 Å². The van der Waals surface area contributed by atoms with Crippen LogP contribution in [0.5, 0.6) is 5.75 Å².